The number of anilines is 1. The molecule has 1 aromatic heterocycles. The lowest BCUT2D eigenvalue weighted by Crippen LogP contribution is -2.20. The third kappa shape index (κ3) is 3.30. The van der Waals surface area contributed by atoms with Crippen molar-refractivity contribution >= 4 is 40.6 Å². The van der Waals surface area contributed by atoms with Gasteiger partial charge < -0.3 is 10.1 Å². The van der Waals surface area contributed by atoms with Gasteiger partial charge in [0.05, 0.1) is 7.11 Å². The summed E-state index contributed by atoms with van der Waals surface area (Å²) in [7, 11) is 1.30. The molecular weight excluding hydrogens is 286 g/mol. The van der Waals surface area contributed by atoms with Gasteiger partial charge in [0.2, 0.25) is 0 Å². The number of nitrogens with zero attached hydrogens (tertiary/aromatic N) is 2. The van der Waals surface area contributed by atoms with Crippen LogP contribution in [-0.2, 0) is 4.74 Å². The van der Waals surface area contributed by atoms with Crippen molar-refractivity contribution < 1.29 is 9.53 Å². The number of carbonyl (C=O) groups is 1. The monoisotopic (exact) mass is 295 g/mol. The summed E-state index contributed by atoms with van der Waals surface area (Å²) in [5.41, 5.74) is 0.979. The fourth-order valence-electron chi connectivity index (χ4n) is 1.36. The number of aromatic nitrogens is 2. The molecule has 0 atom stereocenters. The molecule has 0 bridgehead atoms. The Balaban J connectivity index is 2.09. The first-order chi connectivity index (χ1) is 9.10. The molecule has 0 fully saturated rings. The number of methoxy groups -OCH3 is 1. The van der Waals surface area contributed by atoms with Crippen LogP contribution in [0.25, 0.3) is 0 Å². The van der Waals surface area contributed by atoms with Gasteiger partial charge in [0, 0.05) is 16.9 Å². The average Bonchev–Trinajstić information content (AvgIpc) is 2.90. The number of thiocarbonyl (C=S) groups is 1. The van der Waals surface area contributed by atoms with Gasteiger partial charge in [-0.3, -0.25) is 0 Å². The topological polar surface area (TPSA) is 56.1 Å². The molecule has 0 aliphatic heterocycles. The fraction of sp³-hybridized carbons (Fsp3) is 0.0833. The minimum Gasteiger partial charge on any atom is -0.464 e. The molecule has 0 spiro atoms. The summed E-state index contributed by atoms with van der Waals surface area (Å²) in [6.07, 6.45) is 1.58. The Kier molecular flexibility index (Phi) is 4.13. The average molecular weight is 296 g/mol. The number of halogens is 1. The molecule has 1 aromatic carbocycles. The Morgan fingerprint density at radius 1 is 1.37 bits per heavy atom. The molecule has 0 aliphatic rings. The SMILES string of the molecule is COC(=O)c1ccn(C(=S)Nc2ccc(Cl)cc2)n1. The smallest absolute Gasteiger partial charge is 0.358 e. The maximum Gasteiger partial charge on any atom is 0.358 e. The zero-order valence-corrected chi connectivity index (χ0v) is 11.5. The van der Waals surface area contributed by atoms with E-state index in [2.05, 4.69) is 15.2 Å². The van der Waals surface area contributed by atoms with Crippen LogP contribution in [0.2, 0.25) is 5.02 Å². The Bertz CT molecular complexity index is 610. The number of esters is 1. The summed E-state index contributed by atoms with van der Waals surface area (Å²) >= 11 is 11.0. The van der Waals surface area contributed by atoms with Gasteiger partial charge in [-0.2, -0.15) is 5.10 Å². The van der Waals surface area contributed by atoms with E-state index in [-0.39, 0.29) is 5.69 Å². The molecule has 0 amide bonds. The van der Waals surface area contributed by atoms with Crippen LogP contribution < -0.4 is 5.32 Å². The van der Waals surface area contributed by atoms with Gasteiger partial charge >= 0.3 is 5.97 Å². The van der Waals surface area contributed by atoms with Crippen molar-refractivity contribution in [2.45, 2.75) is 0 Å². The zero-order valence-electron chi connectivity index (χ0n) is 9.96. The van der Waals surface area contributed by atoms with Crippen LogP contribution in [0.15, 0.2) is 36.5 Å². The lowest BCUT2D eigenvalue weighted by Gasteiger charge is -2.07. The van der Waals surface area contributed by atoms with Gasteiger partial charge in [-0.15, -0.1) is 0 Å². The molecule has 0 radical (unpaired) electrons. The first-order valence-electron chi connectivity index (χ1n) is 5.31. The summed E-state index contributed by atoms with van der Waals surface area (Å²) in [6, 6.07) is 8.60. The first-order valence-corrected chi connectivity index (χ1v) is 6.09. The van der Waals surface area contributed by atoms with E-state index in [1.165, 1.54) is 17.9 Å². The van der Waals surface area contributed by atoms with Crippen molar-refractivity contribution in [1.82, 2.24) is 9.78 Å². The van der Waals surface area contributed by atoms with E-state index >= 15 is 0 Å². The van der Waals surface area contributed by atoms with Gasteiger partial charge in [0.15, 0.2) is 10.8 Å². The molecule has 1 N–H and O–H groups in total. The highest BCUT2D eigenvalue weighted by Crippen LogP contribution is 2.13. The third-order valence-electron chi connectivity index (χ3n) is 2.29. The van der Waals surface area contributed by atoms with Crippen molar-refractivity contribution in [2.75, 3.05) is 12.4 Å². The van der Waals surface area contributed by atoms with Gasteiger partial charge in [-0.05, 0) is 42.5 Å². The summed E-state index contributed by atoms with van der Waals surface area (Å²) in [5.74, 6) is -0.506. The molecule has 0 aliphatic carbocycles. The molecule has 98 valence electrons. The van der Waals surface area contributed by atoms with Crippen LogP contribution in [0.5, 0.6) is 0 Å². The van der Waals surface area contributed by atoms with Crippen LogP contribution in [0.4, 0.5) is 5.69 Å². The van der Waals surface area contributed by atoms with Crippen LogP contribution in [0.1, 0.15) is 10.5 Å². The van der Waals surface area contributed by atoms with Crippen LogP contribution >= 0.6 is 23.8 Å². The minimum atomic E-state index is -0.506. The van der Waals surface area contributed by atoms with E-state index in [4.69, 9.17) is 23.8 Å². The quantitative estimate of drug-likeness (QED) is 0.682. The zero-order chi connectivity index (χ0) is 13.8. The first kappa shape index (κ1) is 13.5. The van der Waals surface area contributed by atoms with Crippen LogP contribution in [0.3, 0.4) is 0 Å². The molecule has 2 rings (SSSR count). The molecular formula is C12H10ClN3O2S. The van der Waals surface area contributed by atoms with E-state index in [0.717, 1.165) is 5.69 Å². The second-order valence-corrected chi connectivity index (χ2v) is 4.40. The number of benzene rings is 1. The largest absolute Gasteiger partial charge is 0.464 e. The summed E-state index contributed by atoms with van der Waals surface area (Å²) in [4.78, 5) is 11.3. The Morgan fingerprint density at radius 3 is 2.68 bits per heavy atom. The molecule has 0 saturated carbocycles. The molecule has 1 heterocycles. The highest BCUT2D eigenvalue weighted by molar-refractivity contribution is 7.80. The normalized spacial score (nSPS) is 10.0. The number of rotatable bonds is 2. The van der Waals surface area contributed by atoms with E-state index < -0.39 is 5.97 Å². The van der Waals surface area contributed by atoms with E-state index in [0.29, 0.717) is 10.1 Å². The molecule has 2 aromatic rings. The second-order valence-electron chi connectivity index (χ2n) is 3.57. The van der Waals surface area contributed by atoms with Gasteiger partial charge in [-0.1, -0.05) is 11.6 Å². The molecule has 19 heavy (non-hydrogen) atoms. The van der Waals surface area contributed by atoms with Gasteiger partial charge in [-0.25, -0.2) is 9.48 Å². The predicted octanol–water partition coefficient (Wildman–Crippen LogP) is 2.57. The van der Waals surface area contributed by atoms with Crippen LogP contribution in [-0.4, -0.2) is 28.0 Å². The predicted molar refractivity (Wildman–Crippen MR) is 76.6 cm³/mol. The number of ether oxygens (including phenoxy) is 1. The summed E-state index contributed by atoms with van der Waals surface area (Å²) in [5, 5.41) is 7.97. The summed E-state index contributed by atoms with van der Waals surface area (Å²) in [6.45, 7) is 0. The van der Waals surface area contributed by atoms with Crippen molar-refractivity contribution in [3.63, 3.8) is 0 Å². The Morgan fingerprint density at radius 2 is 2.05 bits per heavy atom. The van der Waals surface area contributed by atoms with E-state index in [1.54, 1.807) is 30.5 Å². The molecule has 0 saturated heterocycles. The third-order valence-corrected chi connectivity index (χ3v) is 2.83. The standard InChI is InChI=1S/C12H10ClN3O2S/c1-18-11(17)10-6-7-16(15-10)12(19)14-9-4-2-8(13)3-5-9/h2-7H,1H3,(H,14,19). The lowest BCUT2D eigenvalue weighted by atomic mass is 10.3. The van der Waals surface area contributed by atoms with Crippen molar-refractivity contribution in [3.8, 4) is 0 Å². The van der Waals surface area contributed by atoms with Crippen LogP contribution in [0, 0.1) is 0 Å². The van der Waals surface area contributed by atoms with Gasteiger partial charge in [0.25, 0.3) is 0 Å². The maximum atomic E-state index is 11.3. The lowest BCUT2D eigenvalue weighted by molar-refractivity contribution is 0.0593. The Hall–Kier alpha value is -1.92. The summed E-state index contributed by atoms with van der Waals surface area (Å²) < 4.78 is 5.95. The fourth-order valence-corrected chi connectivity index (χ4v) is 1.71. The minimum absolute atomic E-state index is 0.197. The number of hydrogen-bond donors (Lipinski definition) is 1. The van der Waals surface area contributed by atoms with E-state index in [1.807, 2.05) is 0 Å². The number of hydrogen-bond acceptors (Lipinski definition) is 4. The second kappa shape index (κ2) is 5.81. The Labute approximate surface area is 120 Å². The van der Waals surface area contributed by atoms with Crippen molar-refractivity contribution in [2.24, 2.45) is 0 Å². The maximum absolute atomic E-state index is 11.3. The molecule has 7 heteroatoms. The molecule has 0 unspecified atom stereocenters. The van der Waals surface area contributed by atoms with E-state index in [9.17, 15) is 4.79 Å². The van der Waals surface area contributed by atoms with Crippen molar-refractivity contribution in [1.29, 1.82) is 0 Å². The highest BCUT2D eigenvalue weighted by Gasteiger charge is 2.11. The number of carbonyl (C=O) groups excluding carboxylic acids is 1. The number of nitrogens with one attached hydrogen (secondary N) is 1. The molecule has 5 nitrogen and oxygen atoms in total. The highest BCUT2D eigenvalue weighted by atomic mass is 35.5. The van der Waals surface area contributed by atoms with Crippen molar-refractivity contribution in [3.05, 3.63) is 47.2 Å². The van der Waals surface area contributed by atoms with Gasteiger partial charge in [0.1, 0.15) is 0 Å².